The number of nitrogens with zero attached hydrogens (tertiary/aromatic N) is 1. The summed E-state index contributed by atoms with van der Waals surface area (Å²) in [7, 11) is 2.75. The van der Waals surface area contributed by atoms with E-state index >= 15 is 0 Å². The normalized spacial score (nSPS) is 32.3. The Morgan fingerprint density at radius 2 is 2.21 bits per heavy atom. The van der Waals surface area contributed by atoms with Gasteiger partial charge in [-0.05, 0) is 30.6 Å². The number of imide groups is 1. The summed E-state index contributed by atoms with van der Waals surface area (Å²) >= 11 is 1.57. The minimum atomic E-state index is -1.22. The molecule has 2 aliphatic heterocycles. The molecule has 2 amide bonds. The summed E-state index contributed by atoms with van der Waals surface area (Å²) in [6, 6.07) is 2.93. The summed E-state index contributed by atoms with van der Waals surface area (Å²) in [5, 5.41) is 3.23. The Kier molecular flexibility index (Phi) is 4.44. The molecule has 4 atom stereocenters. The van der Waals surface area contributed by atoms with Crippen molar-refractivity contribution in [3.8, 4) is 0 Å². The number of methoxy groups -OCH3 is 1. The third-order valence-electron chi connectivity index (χ3n) is 4.97. The Labute approximate surface area is 144 Å². The van der Waals surface area contributed by atoms with E-state index < -0.39 is 29.4 Å². The van der Waals surface area contributed by atoms with Crippen molar-refractivity contribution in [3.05, 3.63) is 24.2 Å². The predicted octanol–water partition coefficient (Wildman–Crippen LogP) is 0.820. The lowest BCUT2D eigenvalue weighted by atomic mass is 9.78. The van der Waals surface area contributed by atoms with E-state index in [4.69, 9.17) is 9.15 Å². The number of amides is 2. The third-order valence-corrected chi connectivity index (χ3v) is 5.59. The number of ether oxygens (including phenoxy) is 1. The highest BCUT2D eigenvalue weighted by atomic mass is 32.2. The van der Waals surface area contributed by atoms with Crippen molar-refractivity contribution in [2.45, 2.75) is 18.0 Å². The average molecular weight is 352 g/mol. The first kappa shape index (κ1) is 17.0. The number of hydrogen-bond acceptors (Lipinski definition) is 7. The van der Waals surface area contributed by atoms with E-state index in [1.54, 1.807) is 23.9 Å². The molecular weight excluding hydrogens is 332 g/mol. The molecule has 2 saturated heterocycles. The van der Waals surface area contributed by atoms with Gasteiger partial charge in [0, 0.05) is 7.05 Å². The second-order valence-corrected chi connectivity index (χ2v) is 7.07. The van der Waals surface area contributed by atoms with Crippen LogP contribution in [0.3, 0.4) is 0 Å². The number of rotatable bonds is 5. The molecule has 0 aromatic carbocycles. The number of hydrogen-bond donors (Lipinski definition) is 1. The largest absolute Gasteiger partial charge is 0.468 e. The van der Waals surface area contributed by atoms with Gasteiger partial charge in [0.1, 0.15) is 11.3 Å². The highest BCUT2D eigenvalue weighted by Crippen LogP contribution is 2.50. The van der Waals surface area contributed by atoms with E-state index in [-0.39, 0.29) is 11.8 Å². The standard InChI is InChI=1S/C16H20N2O5S/c1-18-13(19)10-11(14(18)20)16(6-8-24-3,15(21)22-2)17-12(10)9-5-4-7-23-9/h4-5,7,10-12,17H,6,8H2,1-3H3/t10-,11+,12+,16+/m0/s1. The fourth-order valence-corrected chi connectivity index (χ4v) is 4.35. The monoisotopic (exact) mass is 352 g/mol. The van der Waals surface area contributed by atoms with E-state index in [1.807, 2.05) is 6.26 Å². The number of esters is 1. The number of likely N-dealkylation sites (tertiary alicyclic amines) is 1. The number of nitrogens with one attached hydrogen (secondary N) is 1. The fourth-order valence-electron chi connectivity index (χ4n) is 3.82. The molecule has 0 spiro atoms. The Morgan fingerprint density at radius 1 is 1.46 bits per heavy atom. The lowest BCUT2D eigenvalue weighted by Crippen LogP contribution is -2.56. The molecule has 0 aliphatic carbocycles. The Balaban J connectivity index is 2.10. The van der Waals surface area contributed by atoms with Gasteiger partial charge in [-0.2, -0.15) is 11.8 Å². The second-order valence-electron chi connectivity index (χ2n) is 6.08. The van der Waals surface area contributed by atoms with Crippen LogP contribution in [0.4, 0.5) is 0 Å². The van der Waals surface area contributed by atoms with Crippen molar-refractivity contribution in [3.63, 3.8) is 0 Å². The molecule has 24 heavy (non-hydrogen) atoms. The van der Waals surface area contributed by atoms with Crippen molar-refractivity contribution in [2.75, 3.05) is 26.2 Å². The SMILES string of the molecule is COC(=O)[C@]1(CCSC)N[C@H](c2ccco2)[C@H]2C(=O)N(C)C(=O)[C@@H]21. The van der Waals surface area contributed by atoms with Crippen LogP contribution < -0.4 is 5.32 Å². The lowest BCUT2D eigenvalue weighted by molar-refractivity contribution is -0.154. The molecule has 0 saturated carbocycles. The maximum Gasteiger partial charge on any atom is 0.326 e. The summed E-state index contributed by atoms with van der Waals surface area (Å²) in [5.74, 6) is -1.43. The maximum atomic E-state index is 12.7. The molecule has 1 N–H and O–H groups in total. The first-order valence-corrected chi connectivity index (χ1v) is 9.07. The Bertz CT molecular complexity index is 661. The van der Waals surface area contributed by atoms with Gasteiger partial charge in [-0.15, -0.1) is 0 Å². The van der Waals surface area contributed by atoms with Crippen LogP contribution >= 0.6 is 11.8 Å². The van der Waals surface area contributed by atoms with Crippen molar-refractivity contribution in [1.82, 2.24) is 10.2 Å². The number of carbonyl (C=O) groups is 3. The Hall–Kier alpha value is -1.80. The van der Waals surface area contributed by atoms with Crippen LogP contribution in [0.5, 0.6) is 0 Å². The minimum Gasteiger partial charge on any atom is -0.468 e. The van der Waals surface area contributed by atoms with Gasteiger partial charge in [-0.25, -0.2) is 0 Å². The summed E-state index contributed by atoms with van der Waals surface area (Å²) in [6.07, 6.45) is 3.83. The van der Waals surface area contributed by atoms with E-state index in [9.17, 15) is 14.4 Å². The molecule has 1 aromatic rings. The van der Waals surface area contributed by atoms with Crippen LogP contribution in [0, 0.1) is 11.8 Å². The van der Waals surface area contributed by atoms with Gasteiger partial charge < -0.3 is 9.15 Å². The van der Waals surface area contributed by atoms with Crippen LogP contribution in [0.25, 0.3) is 0 Å². The van der Waals surface area contributed by atoms with Crippen molar-refractivity contribution >= 4 is 29.5 Å². The molecule has 0 unspecified atom stereocenters. The number of fused-ring (bicyclic) bond motifs is 1. The zero-order chi connectivity index (χ0) is 17.5. The first-order valence-electron chi connectivity index (χ1n) is 7.67. The Morgan fingerprint density at radius 3 is 2.79 bits per heavy atom. The topological polar surface area (TPSA) is 88.8 Å². The first-order chi connectivity index (χ1) is 11.5. The molecule has 0 radical (unpaired) electrons. The van der Waals surface area contributed by atoms with Crippen molar-refractivity contribution in [2.24, 2.45) is 11.8 Å². The molecule has 2 aliphatic rings. The summed E-state index contributed by atoms with van der Waals surface area (Å²) in [4.78, 5) is 39.1. The summed E-state index contributed by atoms with van der Waals surface area (Å²) in [5.41, 5.74) is -1.22. The van der Waals surface area contributed by atoms with Gasteiger partial charge in [0.2, 0.25) is 11.8 Å². The zero-order valence-corrected chi connectivity index (χ0v) is 14.6. The van der Waals surface area contributed by atoms with Crippen LogP contribution in [-0.4, -0.2) is 54.4 Å². The van der Waals surface area contributed by atoms with Gasteiger partial charge >= 0.3 is 5.97 Å². The molecule has 7 nitrogen and oxygen atoms in total. The van der Waals surface area contributed by atoms with Crippen LogP contribution in [0.1, 0.15) is 18.2 Å². The van der Waals surface area contributed by atoms with Crippen molar-refractivity contribution in [1.29, 1.82) is 0 Å². The second kappa shape index (κ2) is 6.25. The summed E-state index contributed by atoms with van der Waals surface area (Å²) in [6.45, 7) is 0. The van der Waals surface area contributed by atoms with Gasteiger partial charge in [0.25, 0.3) is 0 Å². The van der Waals surface area contributed by atoms with Gasteiger partial charge in [0.15, 0.2) is 0 Å². The van der Waals surface area contributed by atoms with Gasteiger partial charge in [0.05, 0.1) is 31.3 Å². The van der Waals surface area contributed by atoms with E-state index in [1.165, 1.54) is 20.4 Å². The smallest absolute Gasteiger partial charge is 0.326 e. The number of furan rings is 1. The lowest BCUT2D eigenvalue weighted by Gasteiger charge is -2.31. The van der Waals surface area contributed by atoms with Crippen LogP contribution in [0.2, 0.25) is 0 Å². The highest BCUT2D eigenvalue weighted by molar-refractivity contribution is 7.98. The molecule has 0 bridgehead atoms. The van der Waals surface area contributed by atoms with Gasteiger partial charge in [-0.3, -0.25) is 24.6 Å². The number of thioether (sulfide) groups is 1. The molecule has 1 aromatic heterocycles. The van der Waals surface area contributed by atoms with E-state index in [2.05, 4.69) is 5.32 Å². The highest BCUT2D eigenvalue weighted by Gasteiger charge is 2.68. The van der Waals surface area contributed by atoms with E-state index in [0.29, 0.717) is 17.9 Å². The summed E-state index contributed by atoms with van der Waals surface area (Å²) < 4.78 is 10.5. The zero-order valence-electron chi connectivity index (χ0n) is 13.8. The van der Waals surface area contributed by atoms with Crippen LogP contribution in [0.15, 0.2) is 22.8 Å². The third kappa shape index (κ3) is 2.28. The van der Waals surface area contributed by atoms with Gasteiger partial charge in [-0.1, -0.05) is 0 Å². The predicted molar refractivity (Wildman–Crippen MR) is 87.1 cm³/mol. The fraction of sp³-hybridized carbons (Fsp3) is 0.562. The van der Waals surface area contributed by atoms with E-state index in [0.717, 1.165) is 4.90 Å². The molecule has 8 heteroatoms. The minimum absolute atomic E-state index is 0.297. The average Bonchev–Trinajstić information content (AvgIpc) is 3.27. The molecule has 2 fully saturated rings. The quantitative estimate of drug-likeness (QED) is 0.620. The van der Waals surface area contributed by atoms with Crippen molar-refractivity contribution < 1.29 is 23.5 Å². The number of carbonyl (C=O) groups excluding carboxylic acids is 3. The maximum absolute atomic E-state index is 12.7. The molecular formula is C16H20N2O5S. The molecule has 130 valence electrons. The van der Waals surface area contributed by atoms with Crippen LogP contribution in [-0.2, 0) is 19.1 Å². The molecule has 3 heterocycles. The molecule has 3 rings (SSSR count).